The minimum Gasteiger partial charge on any atom is -0.227 e. The van der Waals surface area contributed by atoms with Crippen molar-refractivity contribution in [1.82, 2.24) is 9.97 Å². The SMILES string of the molecule is CSc1c(Br)nc(C)nc1C(F)(F)F. The molecule has 7 heteroatoms. The molecule has 1 heterocycles. The van der Waals surface area contributed by atoms with Crippen LogP contribution >= 0.6 is 27.7 Å². The van der Waals surface area contributed by atoms with Gasteiger partial charge in [-0.1, -0.05) is 0 Å². The first-order valence-corrected chi connectivity index (χ1v) is 5.53. The van der Waals surface area contributed by atoms with Gasteiger partial charge in [-0.25, -0.2) is 9.97 Å². The van der Waals surface area contributed by atoms with Crippen LogP contribution < -0.4 is 0 Å². The van der Waals surface area contributed by atoms with E-state index in [2.05, 4.69) is 25.9 Å². The van der Waals surface area contributed by atoms with Gasteiger partial charge in [-0.05, 0) is 29.1 Å². The molecule has 78 valence electrons. The molecule has 0 aromatic carbocycles. The van der Waals surface area contributed by atoms with E-state index in [1.165, 1.54) is 6.92 Å². The molecule has 1 aromatic rings. The van der Waals surface area contributed by atoms with Gasteiger partial charge in [0.15, 0.2) is 5.69 Å². The van der Waals surface area contributed by atoms with Gasteiger partial charge < -0.3 is 0 Å². The van der Waals surface area contributed by atoms with Crippen molar-refractivity contribution < 1.29 is 13.2 Å². The second-order valence-corrected chi connectivity index (χ2v) is 4.01. The summed E-state index contributed by atoms with van der Waals surface area (Å²) in [7, 11) is 0. The van der Waals surface area contributed by atoms with Gasteiger partial charge in [-0.3, -0.25) is 0 Å². The Morgan fingerprint density at radius 1 is 1.29 bits per heavy atom. The van der Waals surface area contributed by atoms with E-state index in [0.29, 0.717) is 0 Å². The number of hydrogen-bond donors (Lipinski definition) is 0. The number of thioether (sulfide) groups is 1. The third kappa shape index (κ3) is 2.38. The van der Waals surface area contributed by atoms with Crippen LogP contribution in [-0.2, 0) is 6.18 Å². The second-order valence-electron chi connectivity index (χ2n) is 2.44. The van der Waals surface area contributed by atoms with Crippen LogP contribution in [0.3, 0.4) is 0 Å². The smallest absolute Gasteiger partial charge is 0.227 e. The quantitative estimate of drug-likeness (QED) is 0.585. The van der Waals surface area contributed by atoms with Gasteiger partial charge in [-0.2, -0.15) is 13.2 Å². The van der Waals surface area contributed by atoms with E-state index in [-0.39, 0.29) is 15.3 Å². The maximum Gasteiger partial charge on any atom is 0.434 e. The Hall–Kier alpha value is -0.300. The lowest BCUT2D eigenvalue weighted by Crippen LogP contribution is -2.12. The zero-order valence-corrected chi connectivity index (χ0v) is 9.72. The molecule has 0 radical (unpaired) electrons. The molecular formula is C7H6BrF3N2S. The van der Waals surface area contributed by atoms with Gasteiger partial charge >= 0.3 is 6.18 Å². The molecular weight excluding hydrogens is 281 g/mol. The highest BCUT2D eigenvalue weighted by atomic mass is 79.9. The number of aromatic nitrogens is 2. The van der Waals surface area contributed by atoms with Crippen LogP contribution in [-0.4, -0.2) is 16.2 Å². The van der Waals surface area contributed by atoms with Crippen molar-refractivity contribution in [2.45, 2.75) is 18.0 Å². The monoisotopic (exact) mass is 286 g/mol. The third-order valence-electron chi connectivity index (χ3n) is 1.41. The van der Waals surface area contributed by atoms with Gasteiger partial charge in [0.25, 0.3) is 0 Å². The first-order valence-electron chi connectivity index (χ1n) is 3.51. The normalized spacial score (nSPS) is 11.9. The third-order valence-corrected chi connectivity index (χ3v) is 3.04. The summed E-state index contributed by atoms with van der Waals surface area (Å²) in [6, 6.07) is 0. The van der Waals surface area contributed by atoms with Crippen LogP contribution in [0.1, 0.15) is 11.5 Å². The number of aryl methyl sites for hydroxylation is 1. The summed E-state index contributed by atoms with van der Waals surface area (Å²) in [5.41, 5.74) is -0.885. The Bertz CT molecular complexity index is 354. The molecule has 0 aliphatic rings. The molecule has 2 nitrogen and oxygen atoms in total. The number of hydrogen-bond acceptors (Lipinski definition) is 3. The fourth-order valence-corrected chi connectivity index (χ4v) is 2.40. The van der Waals surface area contributed by atoms with E-state index < -0.39 is 11.9 Å². The molecule has 0 aliphatic heterocycles. The lowest BCUT2D eigenvalue weighted by atomic mass is 10.4. The molecule has 1 rings (SSSR count). The molecule has 0 atom stereocenters. The molecule has 0 unspecified atom stereocenters. The Kier molecular flexibility index (Phi) is 3.41. The number of nitrogens with zero attached hydrogens (tertiary/aromatic N) is 2. The lowest BCUT2D eigenvalue weighted by molar-refractivity contribution is -0.143. The van der Waals surface area contributed by atoms with E-state index >= 15 is 0 Å². The topological polar surface area (TPSA) is 25.8 Å². The highest BCUT2D eigenvalue weighted by molar-refractivity contribution is 9.10. The fourth-order valence-electron chi connectivity index (χ4n) is 0.901. The van der Waals surface area contributed by atoms with Crippen molar-refractivity contribution in [3.8, 4) is 0 Å². The lowest BCUT2D eigenvalue weighted by Gasteiger charge is -2.11. The summed E-state index contributed by atoms with van der Waals surface area (Å²) in [5, 5.41) is 0. The summed E-state index contributed by atoms with van der Waals surface area (Å²) >= 11 is 3.94. The summed E-state index contributed by atoms with van der Waals surface area (Å²) in [5.74, 6) is 0.0991. The van der Waals surface area contributed by atoms with E-state index in [0.717, 1.165) is 11.8 Å². The average molecular weight is 287 g/mol. The molecule has 0 saturated carbocycles. The molecule has 0 N–H and O–H groups in total. The number of rotatable bonds is 1. The van der Waals surface area contributed by atoms with E-state index in [1.807, 2.05) is 0 Å². The van der Waals surface area contributed by atoms with Gasteiger partial charge in [0.2, 0.25) is 0 Å². The van der Waals surface area contributed by atoms with E-state index in [1.54, 1.807) is 6.26 Å². The van der Waals surface area contributed by atoms with Crippen molar-refractivity contribution >= 4 is 27.7 Å². The highest BCUT2D eigenvalue weighted by Crippen LogP contribution is 2.37. The zero-order valence-electron chi connectivity index (χ0n) is 7.31. The average Bonchev–Trinajstić information content (AvgIpc) is 2.01. The van der Waals surface area contributed by atoms with Crippen molar-refractivity contribution in [3.63, 3.8) is 0 Å². The highest BCUT2D eigenvalue weighted by Gasteiger charge is 2.36. The van der Waals surface area contributed by atoms with E-state index in [9.17, 15) is 13.2 Å². The van der Waals surface area contributed by atoms with Crippen molar-refractivity contribution in [1.29, 1.82) is 0 Å². The molecule has 0 bridgehead atoms. The van der Waals surface area contributed by atoms with Gasteiger partial charge in [0.1, 0.15) is 10.4 Å². The first kappa shape index (κ1) is 11.8. The number of halogens is 4. The van der Waals surface area contributed by atoms with Crippen LogP contribution in [0.4, 0.5) is 13.2 Å². The summed E-state index contributed by atoms with van der Waals surface area (Å²) in [4.78, 5) is 7.21. The Morgan fingerprint density at radius 3 is 2.29 bits per heavy atom. The molecule has 0 amide bonds. The molecule has 14 heavy (non-hydrogen) atoms. The van der Waals surface area contributed by atoms with Gasteiger partial charge in [0.05, 0.1) is 4.90 Å². The van der Waals surface area contributed by atoms with E-state index in [4.69, 9.17) is 0 Å². The fraction of sp³-hybridized carbons (Fsp3) is 0.429. The zero-order chi connectivity index (χ0) is 10.9. The van der Waals surface area contributed by atoms with Crippen LogP contribution in [0, 0.1) is 6.92 Å². The summed E-state index contributed by atoms with van der Waals surface area (Å²) < 4.78 is 37.6. The van der Waals surface area contributed by atoms with Crippen molar-refractivity contribution in [2.75, 3.05) is 6.26 Å². The first-order chi connectivity index (χ1) is 6.36. The predicted molar refractivity (Wildman–Crippen MR) is 51.3 cm³/mol. The second kappa shape index (κ2) is 4.06. The Labute approximate surface area is 91.5 Å². The maximum absolute atomic E-state index is 12.5. The Morgan fingerprint density at radius 2 is 1.86 bits per heavy atom. The molecule has 1 aromatic heterocycles. The van der Waals surface area contributed by atoms with Crippen LogP contribution in [0.2, 0.25) is 0 Å². The summed E-state index contributed by atoms with van der Waals surface area (Å²) in [6.07, 6.45) is -2.89. The minimum atomic E-state index is -4.44. The van der Waals surface area contributed by atoms with Gasteiger partial charge in [0, 0.05) is 0 Å². The van der Waals surface area contributed by atoms with Gasteiger partial charge in [-0.15, -0.1) is 11.8 Å². The standard InChI is InChI=1S/C7H6BrF3N2S/c1-3-12-5(7(9,10)11)4(14-2)6(8)13-3/h1-2H3. The van der Waals surface area contributed by atoms with Crippen LogP contribution in [0.5, 0.6) is 0 Å². The number of alkyl halides is 3. The molecule has 0 aliphatic carbocycles. The maximum atomic E-state index is 12.5. The Balaban J connectivity index is 3.40. The largest absolute Gasteiger partial charge is 0.434 e. The van der Waals surface area contributed by atoms with Crippen molar-refractivity contribution in [3.05, 3.63) is 16.1 Å². The molecule has 0 saturated heterocycles. The predicted octanol–water partition coefficient (Wildman–Crippen LogP) is 3.29. The molecule has 0 fully saturated rings. The van der Waals surface area contributed by atoms with Crippen LogP contribution in [0.25, 0.3) is 0 Å². The van der Waals surface area contributed by atoms with Crippen LogP contribution in [0.15, 0.2) is 9.50 Å². The molecule has 0 spiro atoms. The van der Waals surface area contributed by atoms with Crippen molar-refractivity contribution in [2.24, 2.45) is 0 Å². The summed E-state index contributed by atoms with van der Waals surface area (Å²) in [6.45, 7) is 1.42. The minimum absolute atomic E-state index is 0.0168.